The maximum absolute atomic E-state index is 12.6. The molecule has 0 spiro atoms. The molecule has 5 nitrogen and oxygen atoms in total. The van der Waals surface area contributed by atoms with E-state index in [0.29, 0.717) is 30.6 Å². The second-order valence-electron chi connectivity index (χ2n) is 4.98. The smallest absolute Gasteiger partial charge is 0.245 e. The maximum Gasteiger partial charge on any atom is 0.245 e. The largest absolute Gasteiger partial charge is 0.398 e. The number of benzene rings is 1. The molecule has 1 aliphatic heterocycles. The molecule has 0 unspecified atom stereocenters. The topological polar surface area (TPSA) is 72.6 Å². The Balaban J connectivity index is 2.18. The van der Waals surface area contributed by atoms with Gasteiger partial charge in [-0.2, -0.15) is 4.31 Å². The molecular weight excluding hydrogens is 300 g/mol. The summed E-state index contributed by atoms with van der Waals surface area (Å²) in [5.41, 5.74) is 6.00. The molecule has 7 heteroatoms. The number of hydrogen-bond acceptors (Lipinski definition) is 4. The lowest BCUT2D eigenvalue weighted by Gasteiger charge is -2.31. The van der Waals surface area contributed by atoms with E-state index in [1.165, 1.54) is 16.4 Å². The quantitative estimate of drug-likeness (QED) is 0.861. The van der Waals surface area contributed by atoms with Gasteiger partial charge in [0.05, 0.1) is 5.69 Å². The molecule has 1 aromatic rings. The van der Waals surface area contributed by atoms with Crippen LogP contribution in [0.2, 0.25) is 5.02 Å². The highest BCUT2D eigenvalue weighted by atomic mass is 35.5. The van der Waals surface area contributed by atoms with Crippen LogP contribution in [0.25, 0.3) is 0 Å². The zero-order chi connectivity index (χ0) is 14.8. The normalized spacial score (nSPS) is 18.3. The van der Waals surface area contributed by atoms with E-state index >= 15 is 0 Å². The van der Waals surface area contributed by atoms with E-state index in [1.807, 2.05) is 0 Å². The molecule has 20 heavy (non-hydrogen) atoms. The number of ether oxygens (including phenoxy) is 1. The van der Waals surface area contributed by atoms with Crippen molar-refractivity contribution in [3.05, 3.63) is 23.2 Å². The van der Waals surface area contributed by atoms with Crippen molar-refractivity contribution in [2.24, 2.45) is 5.92 Å². The molecule has 1 heterocycles. The molecule has 0 saturated carbocycles. The number of rotatable bonds is 4. The first-order valence-corrected chi connectivity index (χ1v) is 8.31. The lowest BCUT2D eigenvalue weighted by Crippen LogP contribution is -2.39. The molecule has 1 aliphatic rings. The van der Waals surface area contributed by atoms with Crippen LogP contribution in [0.15, 0.2) is 23.1 Å². The van der Waals surface area contributed by atoms with E-state index in [-0.39, 0.29) is 10.6 Å². The van der Waals surface area contributed by atoms with Gasteiger partial charge in [0.15, 0.2) is 0 Å². The second kappa shape index (κ2) is 6.30. The maximum atomic E-state index is 12.6. The van der Waals surface area contributed by atoms with Gasteiger partial charge >= 0.3 is 0 Å². The first-order valence-electron chi connectivity index (χ1n) is 6.49. The van der Waals surface area contributed by atoms with Crippen molar-refractivity contribution in [3.63, 3.8) is 0 Å². The van der Waals surface area contributed by atoms with Crippen molar-refractivity contribution >= 4 is 27.3 Å². The van der Waals surface area contributed by atoms with Crippen LogP contribution in [0.4, 0.5) is 5.69 Å². The van der Waals surface area contributed by atoms with Gasteiger partial charge in [-0.3, -0.25) is 0 Å². The molecule has 0 aromatic heterocycles. The van der Waals surface area contributed by atoms with E-state index in [2.05, 4.69) is 0 Å². The fraction of sp³-hybridized carbons (Fsp3) is 0.538. The number of anilines is 1. The molecule has 0 amide bonds. The number of nitrogen functional groups attached to an aromatic ring is 1. The third-order valence-electron chi connectivity index (χ3n) is 3.57. The number of nitrogens with zero attached hydrogens (tertiary/aromatic N) is 1. The predicted molar refractivity (Wildman–Crippen MR) is 79.2 cm³/mol. The Hall–Kier alpha value is -0.820. The molecule has 0 bridgehead atoms. The highest BCUT2D eigenvalue weighted by Crippen LogP contribution is 2.29. The van der Waals surface area contributed by atoms with Gasteiger partial charge in [-0.15, -0.1) is 0 Å². The van der Waals surface area contributed by atoms with Crippen LogP contribution >= 0.6 is 11.6 Å². The van der Waals surface area contributed by atoms with Crippen LogP contribution in [-0.4, -0.2) is 39.5 Å². The van der Waals surface area contributed by atoms with Crippen molar-refractivity contribution in [1.29, 1.82) is 0 Å². The molecule has 1 saturated heterocycles. The van der Waals surface area contributed by atoms with Gasteiger partial charge in [0.25, 0.3) is 0 Å². The Morgan fingerprint density at radius 1 is 1.40 bits per heavy atom. The summed E-state index contributed by atoms with van der Waals surface area (Å²) in [6.07, 6.45) is 1.60. The van der Waals surface area contributed by atoms with Crippen LogP contribution in [0.1, 0.15) is 12.8 Å². The molecular formula is C13H19ClN2O3S. The molecule has 2 N–H and O–H groups in total. The third-order valence-corrected chi connectivity index (χ3v) is 5.76. The van der Waals surface area contributed by atoms with Gasteiger partial charge in [-0.1, -0.05) is 11.6 Å². The zero-order valence-corrected chi connectivity index (χ0v) is 13.0. The summed E-state index contributed by atoms with van der Waals surface area (Å²) >= 11 is 5.87. The van der Waals surface area contributed by atoms with E-state index in [0.717, 1.165) is 12.8 Å². The van der Waals surface area contributed by atoms with Crippen LogP contribution in [0.3, 0.4) is 0 Å². The fourth-order valence-electron chi connectivity index (χ4n) is 2.42. The third kappa shape index (κ3) is 3.25. The van der Waals surface area contributed by atoms with E-state index in [9.17, 15) is 8.42 Å². The van der Waals surface area contributed by atoms with E-state index in [1.54, 1.807) is 13.2 Å². The summed E-state index contributed by atoms with van der Waals surface area (Å²) in [5.74, 6) is 0.420. The summed E-state index contributed by atoms with van der Waals surface area (Å²) in [5, 5.41) is 0.368. The Labute approximate surface area is 124 Å². The van der Waals surface area contributed by atoms with Crippen LogP contribution < -0.4 is 5.73 Å². The standard InChI is InChI=1S/C13H19ClN2O3S/c1-19-9-10-4-6-16(7-5-10)20(17,18)13-8-11(14)2-3-12(13)15/h2-3,8,10H,4-7,9,15H2,1H3. The van der Waals surface area contributed by atoms with Gasteiger partial charge < -0.3 is 10.5 Å². The van der Waals surface area contributed by atoms with E-state index < -0.39 is 10.0 Å². The summed E-state index contributed by atoms with van der Waals surface area (Å²) in [4.78, 5) is 0.0928. The van der Waals surface area contributed by atoms with Crippen molar-refractivity contribution in [2.75, 3.05) is 32.5 Å². The monoisotopic (exact) mass is 318 g/mol. The average molecular weight is 319 g/mol. The minimum absolute atomic E-state index is 0.0928. The summed E-state index contributed by atoms with van der Waals surface area (Å²) in [6, 6.07) is 4.51. The lowest BCUT2D eigenvalue weighted by atomic mass is 9.99. The highest BCUT2D eigenvalue weighted by molar-refractivity contribution is 7.89. The molecule has 1 fully saturated rings. The number of piperidine rings is 1. The molecule has 2 rings (SSSR count). The van der Waals surface area contributed by atoms with Gasteiger partial charge in [-0.05, 0) is 37.0 Å². The Morgan fingerprint density at radius 2 is 2.05 bits per heavy atom. The molecule has 1 aromatic carbocycles. The Morgan fingerprint density at radius 3 is 2.65 bits per heavy atom. The van der Waals surface area contributed by atoms with Crippen molar-refractivity contribution in [3.8, 4) is 0 Å². The number of halogens is 1. The number of sulfonamides is 1. The zero-order valence-electron chi connectivity index (χ0n) is 11.4. The molecule has 0 atom stereocenters. The average Bonchev–Trinajstić information content (AvgIpc) is 2.42. The van der Waals surface area contributed by atoms with Crippen molar-refractivity contribution < 1.29 is 13.2 Å². The first kappa shape index (κ1) is 15.6. The summed E-state index contributed by atoms with van der Waals surface area (Å²) in [7, 11) is -1.91. The first-order chi connectivity index (χ1) is 9.45. The summed E-state index contributed by atoms with van der Waals surface area (Å²) < 4.78 is 31.8. The lowest BCUT2D eigenvalue weighted by molar-refractivity contribution is 0.121. The Kier molecular flexibility index (Phi) is 4.90. The fourth-order valence-corrected chi connectivity index (χ4v) is 4.27. The van der Waals surface area contributed by atoms with Crippen LogP contribution in [0.5, 0.6) is 0 Å². The minimum atomic E-state index is -3.57. The number of methoxy groups -OCH3 is 1. The Bertz CT molecular complexity index is 569. The highest BCUT2D eigenvalue weighted by Gasteiger charge is 2.30. The van der Waals surface area contributed by atoms with Crippen molar-refractivity contribution in [1.82, 2.24) is 4.31 Å². The van der Waals surface area contributed by atoms with Gasteiger partial charge in [-0.25, -0.2) is 8.42 Å². The second-order valence-corrected chi connectivity index (χ2v) is 7.33. The molecule has 0 radical (unpaired) electrons. The molecule has 0 aliphatic carbocycles. The number of hydrogen-bond donors (Lipinski definition) is 1. The summed E-state index contributed by atoms with van der Waals surface area (Å²) in [6.45, 7) is 1.65. The van der Waals surface area contributed by atoms with Gasteiger partial charge in [0, 0.05) is 31.8 Å². The molecule has 112 valence electrons. The SMILES string of the molecule is COCC1CCN(S(=O)(=O)c2cc(Cl)ccc2N)CC1. The van der Waals surface area contributed by atoms with Gasteiger partial charge in [0.2, 0.25) is 10.0 Å². The van der Waals surface area contributed by atoms with Crippen LogP contribution in [-0.2, 0) is 14.8 Å². The van der Waals surface area contributed by atoms with E-state index in [4.69, 9.17) is 22.1 Å². The number of nitrogens with two attached hydrogens (primary N) is 1. The van der Waals surface area contributed by atoms with Crippen molar-refractivity contribution in [2.45, 2.75) is 17.7 Å². The minimum Gasteiger partial charge on any atom is -0.398 e. The predicted octanol–water partition coefficient (Wildman–Crippen LogP) is 1.97. The van der Waals surface area contributed by atoms with Gasteiger partial charge in [0.1, 0.15) is 4.90 Å². The van der Waals surface area contributed by atoms with Crippen LogP contribution in [0, 0.1) is 5.92 Å².